The lowest BCUT2D eigenvalue weighted by molar-refractivity contribution is 1.08. The largest absolute Gasteiger partial charge is 0.325 e. The molecule has 0 atom stereocenters. The molecule has 3 heterocycles. The van der Waals surface area contributed by atoms with Crippen LogP contribution in [0.2, 0.25) is 0 Å². The van der Waals surface area contributed by atoms with Crippen molar-refractivity contribution in [3.63, 3.8) is 0 Å². The second-order valence-corrected chi connectivity index (χ2v) is 4.93. The smallest absolute Gasteiger partial charge is 0.266 e. The summed E-state index contributed by atoms with van der Waals surface area (Å²) in [5.41, 5.74) is 4.41. The van der Waals surface area contributed by atoms with E-state index >= 15 is 0 Å². The number of hydrogen-bond acceptors (Lipinski definition) is 3. The molecular weight excluding hydrogens is 264 g/mol. The number of aryl methyl sites for hydroxylation is 2. The van der Waals surface area contributed by atoms with Crippen LogP contribution in [0.25, 0.3) is 16.8 Å². The summed E-state index contributed by atoms with van der Waals surface area (Å²) in [4.78, 5) is 18.7. The molecule has 1 N–H and O–H groups in total. The molecule has 3 aromatic rings. The van der Waals surface area contributed by atoms with Crippen LogP contribution in [0, 0.1) is 18.3 Å². The van der Waals surface area contributed by atoms with Gasteiger partial charge in [0.05, 0.1) is 0 Å². The highest BCUT2D eigenvalue weighted by molar-refractivity contribution is 5.70. The average Bonchev–Trinajstić information content (AvgIpc) is 2.94. The first-order valence-electron chi connectivity index (χ1n) is 6.74. The molecule has 0 radical (unpaired) electrons. The van der Waals surface area contributed by atoms with Crippen molar-refractivity contribution in [2.24, 2.45) is 0 Å². The van der Waals surface area contributed by atoms with Crippen molar-refractivity contribution in [2.75, 3.05) is 0 Å². The van der Waals surface area contributed by atoms with Gasteiger partial charge in [0.2, 0.25) is 0 Å². The first-order valence-corrected chi connectivity index (χ1v) is 6.74. The number of aromatic nitrogens is 3. The fourth-order valence-electron chi connectivity index (χ4n) is 2.52. The van der Waals surface area contributed by atoms with Crippen molar-refractivity contribution in [3.8, 4) is 17.2 Å². The van der Waals surface area contributed by atoms with Crippen molar-refractivity contribution < 1.29 is 0 Å². The first kappa shape index (κ1) is 13.1. The summed E-state index contributed by atoms with van der Waals surface area (Å²) in [7, 11) is 0. The van der Waals surface area contributed by atoms with E-state index in [0.29, 0.717) is 0 Å². The van der Waals surface area contributed by atoms with Crippen molar-refractivity contribution in [1.82, 2.24) is 14.4 Å². The summed E-state index contributed by atoms with van der Waals surface area (Å²) in [6.07, 6.45) is 6.48. The Hall–Kier alpha value is -2.87. The standard InChI is InChI=1S/C16H14N4O/c1-3-11-6-13(9-20-5-4-18-15(11)20)14-7-12(8-17)16(21)19-10(14)2/h4-7,9H,3H2,1-2H3,(H,19,21). The van der Waals surface area contributed by atoms with E-state index in [0.717, 1.165) is 34.5 Å². The van der Waals surface area contributed by atoms with Crippen LogP contribution < -0.4 is 5.56 Å². The molecule has 0 aliphatic rings. The molecule has 0 spiro atoms. The predicted octanol–water partition coefficient (Wildman–Crippen LogP) is 2.43. The quantitative estimate of drug-likeness (QED) is 0.782. The van der Waals surface area contributed by atoms with Crippen LogP contribution in [0.3, 0.4) is 0 Å². The number of nitriles is 1. The highest BCUT2D eigenvalue weighted by atomic mass is 16.1. The number of nitrogens with zero attached hydrogens (tertiary/aromatic N) is 3. The van der Waals surface area contributed by atoms with Gasteiger partial charge in [0, 0.05) is 35.4 Å². The molecule has 5 heteroatoms. The summed E-state index contributed by atoms with van der Waals surface area (Å²) < 4.78 is 1.96. The Labute approximate surface area is 121 Å². The highest BCUT2D eigenvalue weighted by Crippen LogP contribution is 2.25. The van der Waals surface area contributed by atoms with Gasteiger partial charge in [-0.3, -0.25) is 4.79 Å². The molecule has 0 saturated carbocycles. The maximum absolute atomic E-state index is 11.7. The van der Waals surface area contributed by atoms with E-state index in [2.05, 4.69) is 23.0 Å². The SMILES string of the molecule is CCc1cc(-c2cc(C#N)c(=O)[nH]c2C)cn2ccnc12. The van der Waals surface area contributed by atoms with Crippen LogP contribution in [-0.2, 0) is 6.42 Å². The predicted molar refractivity (Wildman–Crippen MR) is 80.1 cm³/mol. The zero-order valence-corrected chi connectivity index (χ0v) is 11.8. The number of hydrogen-bond donors (Lipinski definition) is 1. The summed E-state index contributed by atoms with van der Waals surface area (Å²) in [5.74, 6) is 0. The van der Waals surface area contributed by atoms with Gasteiger partial charge in [-0.15, -0.1) is 0 Å². The molecule has 0 unspecified atom stereocenters. The van der Waals surface area contributed by atoms with E-state index in [9.17, 15) is 4.79 Å². The van der Waals surface area contributed by atoms with Gasteiger partial charge in [-0.2, -0.15) is 5.26 Å². The zero-order valence-electron chi connectivity index (χ0n) is 11.8. The first-order chi connectivity index (χ1) is 10.1. The van der Waals surface area contributed by atoms with E-state index in [1.165, 1.54) is 0 Å². The van der Waals surface area contributed by atoms with Gasteiger partial charge < -0.3 is 9.38 Å². The van der Waals surface area contributed by atoms with E-state index < -0.39 is 0 Å². The summed E-state index contributed by atoms with van der Waals surface area (Å²) in [6, 6.07) is 5.63. The van der Waals surface area contributed by atoms with E-state index in [1.807, 2.05) is 29.8 Å². The van der Waals surface area contributed by atoms with Gasteiger partial charge in [0.1, 0.15) is 17.3 Å². The lowest BCUT2D eigenvalue weighted by Crippen LogP contribution is -2.12. The minimum absolute atomic E-state index is 0.124. The van der Waals surface area contributed by atoms with E-state index in [4.69, 9.17) is 5.26 Å². The molecule has 3 aromatic heterocycles. The zero-order chi connectivity index (χ0) is 15.0. The van der Waals surface area contributed by atoms with Crippen LogP contribution in [0.15, 0.2) is 35.5 Å². The summed E-state index contributed by atoms with van der Waals surface area (Å²) >= 11 is 0. The van der Waals surface area contributed by atoms with Crippen LogP contribution in [-0.4, -0.2) is 14.4 Å². The molecule has 0 fully saturated rings. The van der Waals surface area contributed by atoms with E-state index in [-0.39, 0.29) is 11.1 Å². The third-order valence-electron chi connectivity index (χ3n) is 3.61. The molecule has 0 bridgehead atoms. The van der Waals surface area contributed by atoms with Crippen molar-refractivity contribution in [1.29, 1.82) is 5.26 Å². The van der Waals surface area contributed by atoms with Gasteiger partial charge >= 0.3 is 0 Å². The molecule has 5 nitrogen and oxygen atoms in total. The van der Waals surface area contributed by atoms with Crippen LogP contribution in [0.4, 0.5) is 0 Å². The monoisotopic (exact) mass is 278 g/mol. The van der Waals surface area contributed by atoms with Gasteiger partial charge in [0.25, 0.3) is 5.56 Å². The Balaban J connectivity index is 2.30. The maximum Gasteiger partial charge on any atom is 0.266 e. The molecule has 0 amide bonds. The van der Waals surface area contributed by atoms with E-state index in [1.54, 1.807) is 12.3 Å². The molecule has 0 aliphatic heterocycles. The second-order valence-electron chi connectivity index (χ2n) is 4.93. The maximum atomic E-state index is 11.7. The minimum Gasteiger partial charge on any atom is -0.325 e. The summed E-state index contributed by atoms with van der Waals surface area (Å²) in [6.45, 7) is 3.91. The van der Waals surface area contributed by atoms with Crippen molar-refractivity contribution in [3.05, 3.63) is 57.9 Å². The number of pyridine rings is 2. The van der Waals surface area contributed by atoms with Gasteiger partial charge in [-0.25, -0.2) is 4.98 Å². The van der Waals surface area contributed by atoms with Crippen LogP contribution in [0.1, 0.15) is 23.7 Å². The van der Waals surface area contributed by atoms with Crippen molar-refractivity contribution in [2.45, 2.75) is 20.3 Å². The number of H-pyrrole nitrogens is 1. The highest BCUT2D eigenvalue weighted by Gasteiger charge is 2.11. The number of imidazole rings is 1. The second kappa shape index (κ2) is 4.91. The fraction of sp³-hybridized carbons (Fsp3) is 0.188. The fourth-order valence-corrected chi connectivity index (χ4v) is 2.52. The Morgan fingerprint density at radius 2 is 2.24 bits per heavy atom. The topological polar surface area (TPSA) is 74.0 Å². The molecule has 0 aromatic carbocycles. The molecule has 0 aliphatic carbocycles. The Morgan fingerprint density at radius 3 is 2.95 bits per heavy atom. The van der Waals surface area contributed by atoms with Gasteiger partial charge in [-0.1, -0.05) is 6.92 Å². The van der Waals surface area contributed by atoms with Crippen LogP contribution >= 0.6 is 0 Å². The molecule has 0 saturated heterocycles. The van der Waals surface area contributed by atoms with Gasteiger partial charge in [-0.05, 0) is 31.0 Å². The number of aromatic amines is 1. The lowest BCUT2D eigenvalue weighted by Gasteiger charge is -2.10. The van der Waals surface area contributed by atoms with Gasteiger partial charge in [0.15, 0.2) is 0 Å². The Kier molecular flexibility index (Phi) is 3.07. The number of rotatable bonds is 2. The lowest BCUT2D eigenvalue weighted by atomic mass is 10.0. The molecular formula is C16H14N4O. The Morgan fingerprint density at radius 1 is 1.43 bits per heavy atom. The third-order valence-corrected chi connectivity index (χ3v) is 3.61. The van der Waals surface area contributed by atoms with Crippen molar-refractivity contribution >= 4 is 5.65 Å². The Bertz CT molecular complexity index is 928. The van der Waals surface area contributed by atoms with Crippen LogP contribution in [0.5, 0.6) is 0 Å². The number of fused-ring (bicyclic) bond motifs is 1. The third kappa shape index (κ3) is 2.11. The average molecular weight is 278 g/mol. The minimum atomic E-state index is -0.349. The summed E-state index contributed by atoms with van der Waals surface area (Å²) in [5, 5.41) is 9.03. The molecule has 3 rings (SSSR count). The normalized spacial score (nSPS) is 10.7. The molecule has 104 valence electrons. The molecule has 21 heavy (non-hydrogen) atoms. The number of nitrogens with one attached hydrogen (secondary N) is 1.